The fourth-order valence-corrected chi connectivity index (χ4v) is 3.85. The van der Waals surface area contributed by atoms with Gasteiger partial charge in [0.25, 0.3) is 0 Å². The monoisotopic (exact) mass is 374 g/mol. The van der Waals surface area contributed by atoms with Gasteiger partial charge < -0.3 is 15.0 Å². The molecule has 2 aliphatic rings. The second-order valence-corrected chi connectivity index (χ2v) is 8.52. The van der Waals surface area contributed by atoms with Crippen molar-refractivity contribution < 1.29 is 9.53 Å². The van der Waals surface area contributed by atoms with Crippen molar-refractivity contribution in [2.24, 2.45) is 5.92 Å². The highest BCUT2D eigenvalue weighted by Crippen LogP contribution is 2.31. The van der Waals surface area contributed by atoms with Gasteiger partial charge in [0.1, 0.15) is 7.85 Å². The maximum atomic E-state index is 13.2. The largest absolute Gasteiger partial charge is 0.385 e. The molecule has 1 saturated carbocycles. The van der Waals surface area contributed by atoms with E-state index in [0.717, 1.165) is 83.2 Å². The molecule has 2 fully saturated rings. The van der Waals surface area contributed by atoms with E-state index in [0.29, 0.717) is 17.8 Å². The van der Waals surface area contributed by atoms with E-state index in [1.807, 2.05) is 0 Å². The summed E-state index contributed by atoms with van der Waals surface area (Å²) in [6.45, 7) is 9.95. The standard InChI is InChI=1S/C22H39BN2O2/c1-4-20(23)14-18(13-17(2)7-6-12-27-3)16-25(21-9-10-21)22(26)19-8-5-11-24-15-19/h13,19-21,24H,2,4-12,14-16,23H2,1,3H3/b18-13+/t19-,20?/m1/s1. The molecule has 2 rings (SSSR count). The Hall–Kier alpha value is -1.07. The fraction of sp³-hybridized carbons (Fsp3) is 0.773. The predicted molar refractivity (Wildman–Crippen MR) is 116 cm³/mol. The van der Waals surface area contributed by atoms with Gasteiger partial charge in [0, 0.05) is 32.8 Å². The summed E-state index contributed by atoms with van der Waals surface area (Å²) in [5.41, 5.74) is 2.53. The molecule has 0 bridgehead atoms. The molecule has 2 atom stereocenters. The van der Waals surface area contributed by atoms with E-state index < -0.39 is 0 Å². The first kappa shape index (κ1) is 22.2. The van der Waals surface area contributed by atoms with Gasteiger partial charge in [0.15, 0.2) is 0 Å². The van der Waals surface area contributed by atoms with E-state index in [2.05, 4.69) is 37.6 Å². The Morgan fingerprint density at radius 3 is 2.78 bits per heavy atom. The van der Waals surface area contributed by atoms with Gasteiger partial charge in [-0.05, 0) is 51.5 Å². The van der Waals surface area contributed by atoms with Crippen LogP contribution >= 0.6 is 0 Å². The van der Waals surface area contributed by atoms with Gasteiger partial charge in [-0.25, -0.2) is 0 Å². The minimum absolute atomic E-state index is 0.161. The number of nitrogens with zero attached hydrogens (tertiary/aromatic N) is 1. The van der Waals surface area contributed by atoms with Crippen molar-refractivity contribution in [2.75, 3.05) is 33.4 Å². The SMILES string of the molecule is BC(CC)C/C(=C\C(=C)CCCOC)CN(C(=O)[C@@H]1CCCNC1)C1CC1. The molecule has 1 N–H and O–H groups in total. The molecule has 4 nitrogen and oxygen atoms in total. The number of amides is 1. The van der Waals surface area contributed by atoms with Crippen molar-refractivity contribution in [3.63, 3.8) is 0 Å². The maximum absolute atomic E-state index is 13.2. The Kier molecular flexibility index (Phi) is 9.64. The Labute approximate surface area is 167 Å². The highest BCUT2D eigenvalue weighted by atomic mass is 16.5. The van der Waals surface area contributed by atoms with Crippen LogP contribution < -0.4 is 5.32 Å². The molecule has 0 aromatic heterocycles. The van der Waals surface area contributed by atoms with Crippen LogP contribution in [0.15, 0.2) is 23.8 Å². The molecule has 1 unspecified atom stereocenters. The normalized spacial score (nSPS) is 21.7. The molecule has 1 saturated heterocycles. The number of nitrogens with one attached hydrogen (secondary N) is 1. The zero-order valence-electron chi connectivity index (χ0n) is 17.8. The number of rotatable bonds is 12. The van der Waals surface area contributed by atoms with Gasteiger partial charge in [-0.1, -0.05) is 43.0 Å². The summed E-state index contributed by atoms with van der Waals surface area (Å²) < 4.78 is 5.16. The molecule has 1 heterocycles. The number of carbonyl (C=O) groups excluding carboxylic acids is 1. The number of hydrogen-bond acceptors (Lipinski definition) is 3. The smallest absolute Gasteiger partial charge is 0.227 e. The molecule has 1 aliphatic carbocycles. The van der Waals surface area contributed by atoms with Crippen LogP contribution in [0.4, 0.5) is 0 Å². The van der Waals surface area contributed by atoms with Crippen LogP contribution in [0.2, 0.25) is 5.82 Å². The third-order valence-corrected chi connectivity index (χ3v) is 5.85. The zero-order valence-corrected chi connectivity index (χ0v) is 17.8. The summed E-state index contributed by atoms with van der Waals surface area (Å²) in [6, 6.07) is 0.460. The zero-order chi connectivity index (χ0) is 19.6. The van der Waals surface area contributed by atoms with Crippen LogP contribution in [0.25, 0.3) is 0 Å². The third-order valence-electron chi connectivity index (χ3n) is 5.85. The molecule has 1 amide bonds. The molecule has 5 heteroatoms. The number of hydrogen-bond donors (Lipinski definition) is 1. The lowest BCUT2D eigenvalue weighted by molar-refractivity contribution is -0.136. The molecular weight excluding hydrogens is 335 g/mol. The molecular formula is C22H39BN2O2. The van der Waals surface area contributed by atoms with Crippen LogP contribution in [0.3, 0.4) is 0 Å². The van der Waals surface area contributed by atoms with Crippen molar-refractivity contribution in [1.29, 1.82) is 0 Å². The Morgan fingerprint density at radius 2 is 2.19 bits per heavy atom. The number of allylic oxidation sites excluding steroid dienone is 2. The quantitative estimate of drug-likeness (QED) is 0.324. The van der Waals surface area contributed by atoms with Crippen molar-refractivity contribution >= 4 is 13.8 Å². The van der Waals surface area contributed by atoms with Crippen LogP contribution in [0.1, 0.15) is 58.3 Å². The van der Waals surface area contributed by atoms with E-state index in [1.54, 1.807) is 7.11 Å². The van der Waals surface area contributed by atoms with Crippen LogP contribution in [0.5, 0.6) is 0 Å². The van der Waals surface area contributed by atoms with E-state index in [1.165, 1.54) is 5.57 Å². The minimum Gasteiger partial charge on any atom is -0.385 e. The van der Waals surface area contributed by atoms with Gasteiger partial charge in [-0.15, -0.1) is 0 Å². The lowest BCUT2D eigenvalue weighted by Gasteiger charge is -2.31. The molecule has 27 heavy (non-hydrogen) atoms. The van der Waals surface area contributed by atoms with E-state index in [-0.39, 0.29) is 5.92 Å². The summed E-state index contributed by atoms with van der Waals surface area (Å²) in [7, 11) is 4.04. The summed E-state index contributed by atoms with van der Waals surface area (Å²) in [5, 5.41) is 3.40. The molecule has 152 valence electrons. The van der Waals surface area contributed by atoms with E-state index in [4.69, 9.17) is 4.74 Å². The minimum atomic E-state index is 0.161. The highest BCUT2D eigenvalue weighted by molar-refractivity contribution is 6.11. The average molecular weight is 374 g/mol. The average Bonchev–Trinajstić information content (AvgIpc) is 3.51. The maximum Gasteiger partial charge on any atom is 0.227 e. The Balaban J connectivity index is 2.05. The topological polar surface area (TPSA) is 41.6 Å². The van der Waals surface area contributed by atoms with Gasteiger partial charge in [-0.3, -0.25) is 4.79 Å². The number of ether oxygens (including phenoxy) is 1. The van der Waals surface area contributed by atoms with Gasteiger partial charge >= 0.3 is 0 Å². The summed E-state index contributed by atoms with van der Waals surface area (Å²) >= 11 is 0. The number of methoxy groups -OCH3 is 1. The first-order valence-electron chi connectivity index (χ1n) is 10.9. The Morgan fingerprint density at radius 1 is 1.41 bits per heavy atom. The molecule has 0 spiro atoms. The van der Waals surface area contributed by atoms with Crippen LogP contribution in [0, 0.1) is 5.92 Å². The van der Waals surface area contributed by atoms with Gasteiger partial charge in [0.05, 0.1) is 5.92 Å². The predicted octanol–water partition coefficient (Wildman–Crippen LogP) is 3.11. The molecule has 1 aliphatic heterocycles. The molecule has 0 aromatic carbocycles. The second-order valence-electron chi connectivity index (χ2n) is 8.52. The second kappa shape index (κ2) is 11.7. The van der Waals surface area contributed by atoms with E-state index >= 15 is 0 Å². The van der Waals surface area contributed by atoms with Crippen LogP contribution in [-0.2, 0) is 9.53 Å². The van der Waals surface area contributed by atoms with Crippen molar-refractivity contribution in [3.8, 4) is 0 Å². The first-order chi connectivity index (χ1) is 13.0. The lowest BCUT2D eigenvalue weighted by Crippen LogP contribution is -2.44. The van der Waals surface area contributed by atoms with Crippen LogP contribution in [-0.4, -0.2) is 58.0 Å². The van der Waals surface area contributed by atoms with Crippen molar-refractivity contribution in [3.05, 3.63) is 23.8 Å². The van der Waals surface area contributed by atoms with Crippen molar-refractivity contribution in [1.82, 2.24) is 10.2 Å². The molecule has 0 radical (unpaired) electrons. The fourth-order valence-electron chi connectivity index (χ4n) is 3.85. The highest BCUT2D eigenvalue weighted by Gasteiger charge is 2.36. The molecule has 0 aromatic rings. The summed E-state index contributed by atoms with van der Waals surface area (Å²) in [5.74, 6) is 1.16. The lowest BCUT2D eigenvalue weighted by atomic mass is 9.79. The van der Waals surface area contributed by atoms with Gasteiger partial charge in [-0.2, -0.15) is 0 Å². The van der Waals surface area contributed by atoms with Crippen molar-refractivity contribution in [2.45, 2.75) is 70.1 Å². The van der Waals surface area contributed by atoms with Gasteiger partial charge in [0.2, 0.25) is 5.91 Å². The summed E-state index contributed by atoms with van der Waals surface area (Å²) in [4.78, 5) is 15.4. The number of piperidine rings is 1. The number of carbonyl (C=O) groups is 1. The first-order valence-corrected chi connectivity index (χ1v) is 10.9. The summed E-state index contributed by atoms with van der Waals surface area (Å²) in [6.07, 6.45) is 10.9. The van der Waals surface area contributed by atoms with E-state index in [9.17, 15) is 4.79 Å². The third kappa shape index (κ3) is 7.83. The Bertz CT molecular complexity index is 510.